The van der Waals surface area contributed by atoms with Gasteiger partial charge in [-0.2, -0.15) is 0 Å². The first kappa shape index (κ1) is 21.7. The fourth-order valence-corrected chi connectivity index (χ4v) is 5.44. The summed E-state index contributed by atoms with van der Waals surface area (Å²) in [6.07, 6.45) is -0.661. The van der Waals surface area contributed by atoms with Crippen molar-refractivity contribution in [1.29, 1.82) is 0 Å². The SMILES string of the molecule is COc1cc([C@@H]2c3cc4c(cc3[C@@H](CC(O)CO)C3COC(=O)[C@@H]32)OCO4)cc(OC)c1O. The Kier molecular flexibility index (Phi) is 5.46. The first-order valence-electron chi connectivity index (χ1n) is 10.8. The molecule has 3 N–H and O–H groups in total. The van der Waals surface area contributed by atoms with E-state index in [0.717, 1.165) is 16.7 Å². The van der Waals surface area contributed by atoms with Crippen molar-refractivity contribution in [2.75, 3.05) is 34.2 Å². The van der Waals surface area contributed by atoms with Gasteiger partial charge >= 0.3 is 5.97 Å². The molecule has 3 aliphatic rings. The molecule has 2 heterocycles. The standard InChI is InChI=1S/C24H26O9/c1-29-19-3-11(4-20(30-2)23(19)27)21-15-7-18-17(32-10-33-18)6-14(15)13(5-12(26)8-25)16-9-31-24(28)22(16)21/h3-4,6-7,12-13,16,21-22,25-27H,5,8-10H2,1-2H3/t12?,13-,16?,21-,22+/m1/s1. The number of phenols is 1. The molecule has 0 bridgehead atoms. The van der Waals surface area contributed by atoms with E-state index in [9.17, 15) is 20.1 Å². The number of benzene rings is 2. The number of esters is 1. The number of carbonyl (C=O) groups is 1. The summed E-state index contributed by atoms with van der Waals surface area (Å²) >= 11 is 0. The van der Waals surface area contributed by atoms with Gasteiger partial charge in [0.05, 0.1) is 39.5 Å². The number of phenolic OH excluding ortho intramolecular Hbond substituents is 1. The molecule has 2 aliphatic heterocycles. The van der Waals surface area contributed by atoms with Gasteiger partial charge in [-0.3, -0.25) is 4.79 Å². The lowest BCUT2D eigenvalue weighted by Crippen LogP contribution is -2.36. The highest BCUT2D eigenvalue weighted by Crippen LogP contribution is 2.57. The number of aliphatic hydroxyl groups excluding tert-OH is 2. The second-order valence-electron chi connectivity index (χ2n) is 8.58. The van der Waals surface area contributed by atoms with E-state index < -0.39 is 17.9 Å². The van der Waals surface area contributed by atoms with E-state index in [4.69, 9.17) is 23.7 Å². The highest BCUT2D eigenvalue weighted by Gasteiger charge is 2.52. The number of hydrogen-bond acceptors (Lipinski definition) is 9. The molecule has 2 aromatic carbocycles. The fraction of sp³-hybridized carbons (Fsp3) is 0.458. The summed E-state index contributed by atoms with van der Waals surface area (Å²) in [6.45, 7) is -0.0655. The van der Waals surface area contributed by atoms with E-state index in [-0.39, 0.29) is 61.5 Å². The summed E-state index contributed by atoms with van der Waals surface area (Å²) < 4.78 is 27.4. The molecule has 33 heavy (non-hydrogen) atoms. The van der Waals surface area contributed by atoms with Crippen LogP contribution in [-0.2, 0) is 9.53 Å². The number of methoxy groups -OCH3 is 2. The largest absolute Gasteiger partial charge is 0.502 e. The maximum atomic E-state index is 13.0. The number of aromatic hydroxyl groups is 1. The number of hydrogen-bond donors (Lipinski definition) is 3. The van der Waals surface area contributed by atoms with Crippen LogP contribution in [0.15, 0.2) is 24.3 Å². The van der Waals surface area contributed by atoms with Gasteiger partial charge < -0.3 is 39.0 Å². The third-order valence-corrected chi connectivity index (χ3v) is 6.94. The van der Waals surface area contributed by atoms with Gasteiger partial charge in [0.15, 0.2) is 23.0 Å². The van der Waals surface area contributed by atoms with Crippen molar-refractivity contribution in [2.24, 2.45) is 11.8 Å². The van der Waals surface area contributed by atoms with E-state index in [1.165, 1.54) is 14.2 Å². The number of rotatable bonds is 6. The molecular formula is C24H26O9. The molecule has 0 amide bonds. The Hall–Kier alpha value is -3.17. The van der Waals surface area contributed by atoms with Crippen molar-refractivity contribution in [3.05, 3.63) is 41.0 Å². The molecular weight excluding hydrogens is 432 g/mol. The van der Waals surface area contributed by atoms with Gasteiger partial charge in [-0.25, -0.2) is 0 Å². The van der Waals surface area contributed by atoms with Crippen molar-refractivity contribution in [3.8, 4) is 28.7 Å². The quantitative estimate of drug-likeness (QED) is 0.557. The molecule has 0 spiro atoms. The number of cyclic esters (lactones) is 1. The first-order valence-corrected chi connectivity index (χ1v) is 10.8. The zero-order chi connectivity index (χ0) is 23.3. The molecule has 0 radical (unpaired) electrons. The number of ether oxygens (including phenoxy) is 5. The molecule has 2 unspecified atom stereocenters. The van der Waals surface area contributed by atoms with Gasteiger partial charge in [-0.05, 0) is 53.3 Å². The Balaban J connectivity index is 1.73. The second kappa shape index (κ2) is 8.31. The van der Waals surface area contributed by atoms with Crippen molar-refractivity contribution >= 4 is 5.97 Å². The third kappa shape index (κ3) is 3.43. The predicted octanol–water partition coefficient (Wildman–Crippen LogP) is 1.90. The van der Waals surface area contributed by atoms with Gasteiger partial charge in [-0.1, -0.05) is 0 Å². The van der Waals surface area contributed by atoms with Gasteiger partial charge in [-0.15, -0.1) is 0 Å². The summed E-state index contributed by atoms with van der Waals surface area (Å²) in [4.78, 5) is 13.0. The van der Waals surface area contributed by atoms with Crippen LogP contribution in [0.5, 0.6) is 28.7 Å². The predicted molar refractivity (Wildman–Crippen MR) is 114 cm³/mol. The molecule has 1 saturated heterocycles. The van der Waals surface area contributed by atoms with Crippen LogP contribution in [0, 0.1) is 11.8 Å². The van der Waals surface area contributed by atoms with Gasteiger partial charge in [0, 0.05) is 11.8 Å². The molecule has 176 valence electrons. The third-order valence-electron chi connectivity index (χ3n) is 6.94. The van der Waals surface area contributed by atoms with Crippen molar-refractivity contribution in [1.82, 2.24) is 0 Å². The average molecular weight is 458 g/mol. The van der Waals surface area contributed by atoms with E-state index in [2.05, 4.69) is 0 Å². The minimum atomic E-state index is -0.935. The second-order valence-corrected chi connectivity index (χ2v) is 8.58. The molecule has 1 fully saturated rings. The summed E-state index contributed by atoms with van der Waals surface area (Å²) in [6, 6.07) is 7.16. The van der Waals surface area contributed by atoms with Crippen LogP contribution in [0.25, 0.3) is 0 Å². The molecule has 5 rings (SSSR count). The maximum Gasteiger partial charge on any atom is 0.310 e. The fourth-order valence-electron chi connectivity index (χ4n) is 5.44. The normalized spacial score (nSPS) is 25.8. The minimum Gasteiger partial charge on any atom is -0.502 e. The van der Waals surface area contributed by atoms with E-state index in [1.54, 1.807) is 12.1 Å². The lowest BCUT2D eigenvalue weighted by Gasteiger charge is -2.40. The maximum absolute atomic E-state index is 13.0. The molecule has 5 atom stereocenters. The van der Waals surface area contributed by atoms with Crippen molar-refractivity contribution < 1.29 is 43.8 Å². The summed E-state index contributed by atoms with van der Waals surface area (Å²) in [5, 5.41) is 30.2. The zero-order valence-electron chi connectivity index (χ0n) is 18.3. The molecule has 0 aromatic heterocycles. The molecule has 0 saturated carbocycles. The minimum absolute atomic E-state index is 0.0998. The average Bonchev–Trinajstić information content (AvgIpc) is 3.44. The zero-order valence-corrected chi connectivity index (χ0v) is 18.3. The van der Waals surface area contributed by atoms with Crippen LogP contribution in [-0.4, -0.2) is 61.6 Å². The van der Waals surface area contributed by atoms with Gasteiger partial charge in [0.25, 0.3) is 0 Å². The monoisotopic (exact) mass is 458 g/mol. The van der Waals surface area contributed by atoms with Crippen molar-refractivity contribution in [3.63, 3.8) is 0 Å². The Morgan fingerprint density at radius 1 is 1.03 bits per heavy atom. The van der Waals surface area contributed by atoms with Crippen LogP contribution in [0.2, 0.25) is 0 Å². The van der Waals surface area contributed by atoms with Crippen LogP contribution in [0.4, 0.5) is 0 Å². The lowest BCUT2D eigenvalue weighted by atomic mass is 9.61. The highest BCUT2D eigenvalue weighted by molar-refractivity contribution is 5.79. The number of fused-ring (bicyclic) bond motifs is 3. The van der Waals surface area contributed by atoms with Crippen LogP contribution < -0.4 is 18.9 Å². The van der Waals surface area contributed by atoms with Crippen LogP contribution >= 0.6 is 0 Å². The Bertz CT molecular complexity index is 1060. The molecule has 2 aromatic rings. The summed E-state index contributed by atoms with van der Waals surface area (Å²) in [7, 11) is 2.90. The molecule has 9 heteroatoms. The number of carbonyl (C=O) groups excluding carboxylic acids is 1. The van der Waals surface area contributed by atoms with Gasteiger partial charge in [0.2, 0.25) is 12.5 Å². The van der Waals surface area contributed by atoms with E-state index in [1.807, 2.05) is 12.1 Å². The van der Waals surface area contributed by atoms with Crippen LogP contribution in [0.1, 0.15) is 34.9 Å². The van der Waals surface area contributed by atoms with Gasteiger partial charge in [0.1, 0.15) is 0 Å². The Labute approximate surface area is 190 Å². The van der Waals surface area contributed by atoms with Crippen LogP contribution in [0.3, 0.4) is 0 Å². The summed E-state index contributed by atoms with van der Waals surface area (Å²) in [5.74, 6) is -0.244. The van der Waals surface area contributed by atoms with Crippen molar-refractivity contribution in [2.45, 2.75) is 24.4 Å². The van der Waals surface area contributed by atoms with E-state index >= 15 is 0 Å². The Morgan fingerprint density at radius 3 is 2.27 bits per heavy atom. The number of aliphatic hydroxyl groups is 2. The lowest BCUT2D eigenvalue weighted by molar-refractivity contribution is -0.141. The highest BCUT2D eigenvalue weighted by atomic mass is 16.7. The first-order chi connectivity index (χ1) is 16.0. The Morgan fingerprint density at radius 2 is 1.67 bits per heavy atom. The molecule has 1 aliphatic carbocycles. The summed E-state index contributed by atoms with van der Waals surface area (Å²) in [5.41, 5.74) is 2.46. The topological polar surface area (TPSA) is 124 Å². The smallest absolute Gasteiger partial charge is 0.310 e. The molecule has 9 nitrogen and oxygen atoms in total. The van der Waals surface area contributed by atoms with E-state index in [0.29, 0.717) is 11.5 Å².